The fourth-order valence-corrected chi connectivity index (χ4v) is 7.48. The van der Waals surface area contributed by atoms with Crippen LogP contribution in [0.5, 0.6) is 0 Å². The third kappa shape index (κ3) is 1.88. The van der Waals surface area contributed by atoms with Gasteiger partial charge in [0.1, 0.15) is 23.4 Å². The van der Waals surface area contributed by atoms with Gasteiger partial charge >= 0.3 is 0 Å². The third-order valence-electron chi connectivity index (χ3n) is 9.02. The largest absolute Gasteiger partial charge is 0.386 e. The van der Waals surface area contributed by atoms with Crippen LogP contribution in [0, 0.1) is 17.3 Å². The van der Waals surface area contributed by atoms with E-state index in [1.165, 1.54) is 24.0 Å². The molecule has 1 saturated carbocycles. The summed E-state index contributed by atoms with van der Waals surface area (Å²) >= 11 is 0. The zero-order chi connectivity index (χ0) is 18.6. The summed E-state index contributed by atoms with van der Waals surface area (Å²) in [5, 5.41) is 21.2. The first-order valence-electron chi connectivity index (χ1n) is 10.7. The van der Waals surface area contributed by atoms with Gasteiger partial charge in [0.2, 0.25) is 0 Å². The van der Waals surface area contributed by atoms with Crippen molar-refractivity contribution >= 4 is 0 Å². The maximum absolute atomic E-state index is 11.3. The highest BCUT2D eigenvalue weighted by atomic mass is 17.1. The van der Waals surface area contributed by atoms with Crippen molar-refractivity contribution in [2.45, 2.75) is 81.3 Å². The zero-order valence-electron chi connectivity index (χ0n) is 16.4. The molecular formula is C22H31NO4. The van der Waals surface area contributed by atoms with Crippen molar-refractivity contribution in [3.63, 3.8) is 0 Å². The van der Waals surface area contributed by atoms with Crippen LogP contribution in [-0.2, 0) is 9.62 Å². The van der Waals surface area contributed by atoms with Crippen LogP contribution in [0.15, 0.2) is 23.3 Å². The summed E-state index contributed by atoms with van der Waals surface area (Å²) in [6.45, 7) is 3.02. The first-order chi connectivity index (χ1) is 13.0. The molecule has 0 aromatic heterocycles. The minimum absolute atomic E-state index is 0.139. The van der Waals surface area contributed by atoms with Gasteiger partial charge in [0, 0.05) is 17.4 Å². The second-order valence-corrected chi connectivity index (χ2v) is 10.3. The van der Waals surface area contributed by atoms with Crippen molar-refractivity contribution in [3.05, 3.63) is 23.3 Å². The summed E-state index contributed by atoms with van der Waals surface area (Å²) in [4.78, 5) is 7.61. The Kier molecular flexibility index (Phi) is 3.34. The van der Waals surface area contributed by atoms with E-state index in [-0.39, 0.29) is 11.5 Å². The van der Waals surface area contributed by atoms with Gasteiger partial charge in [-0.2, -0.15) is 0 Å². The molecule has 2 aliphatic heterocycles. The number of hydrogen-bond donors (Lipinski definition) is 2. The molecule has 2 N–H and O–H groups in total. The minimum Gasteiger partial charge on any atom is -0.386 e. The highest BCUT2D eigenvalue weighted by Gasteiger charge is 2.75. The number of ether oxygens (including phenoxy) is 1. The Morgan fingerprint density at radius 2 is 2.11 bits per heavy atom. The van der Waals surface area contributed by atoms with E-state index in [1.807, 2.05) is 13.0 Å². The van der Waals surface area contributed by atoms with Gasteiger partial charge in [-0.15, -0.1) is 0 Å². The summed E-state index contributed by atoms with van der Waals surface area (Å²) in [5.41, 5.74) is 1.48. The van der Waals surface area contributed by atoms with Gasteiger partial charge in [0.25, 0.3) is 0 Å². The number of aliphatic hydroxyl groups excluding tert-OH is 1. The van der Waals surface area contributed by atoms with Crippen molar-refractivity contribution in [2.75, 3.05) is 13.6 Å². The van der Waals surface area contributed by atoms with Gasteiger partial charge in [0.15, 0.2) is 0 Å². The highest BCUT2D eigenvalue weighted by Crippen LogP contribution is 2.71. The molecule has 6 rings (SSSR count). The van der Waals surface area contributed by atoms with E-state index in [1.54, 1.807) is 0 Å². The van der Waals surface area contributed by atoms with E-state index in [9.17, 15) is 10.4 Å². The molecule has 5 nitrogen and oxygen atoms in total. The van der Waals surface area contributed by atoms with Crippen molar-refractivity contribution in [2.24, 2.45) is 17.3 Å². The minimum atomic E-state index is -0.720. The van der Waals surface area contributed by atoms with Crippen molar-refractivity contribution in [1.82, 2.24) is 4.90 Å². The van der Waals surface area contributed by atoms with E-state index in [4.69, 9.17) is 9.62 Å². The lowest BCUT2D eigenvalue weighted by atomic mass is 9.46. The van der Waals surface area contributed by atoms with Crippen LogP contribution >= 0.6 is 0 Å². The Morgan fingerprint density at radius 1 is 1.30 bits per heavy atom. The van der Waals surface area contributed by atoms with Gasteiger partial charge in [0.05, 0.1) is 0 Å². The number of rotatable bonds is 3. The van der Waals surface area contributed by atoms with Crippen molar-refractivity contribution < 1.29 is 20.0 Å². The first kappa shape index (κ1) is 17.2. The van der Waals surface area contributed by atoms with Crippen LogP contribution in [0.4, 0.5) is 0 Å². The zero-order valence-corrected chi connectivity index (χ0v) is 16.4. The third-order valence-corrected chi connectivity index (χ3v) is 9.02. The molecular weight excluding hydrogens is 342 g/mol. The summed E-state index contributed by atoms with van der Waals surface area (Å²) in [6.07, 6.45) is 10.7. The molecule has 2 unspecified atom stereocenters. The van der Waals surface area contributed by atoms with Gasteiger partial charge in [-0.1, -0.05) is 30.6 Å². The van der Waals surface area contributed by atoms with E-state index in [0.29, 0.717) is 17.9 Å². The number of nitrogens with zero attached hydrogens (tertiary/aromatic N) is 1. The Morgan fingerprint density at radius 3 is 2.85 bits per heavy atom. The molecule has 6 aliphatic rings. The van der Waals surface area contributed by atoms with Crippen LogP contribution in [-0.4, -0.2) is 58.3 Å². The number of likely N-dealkylation sites (tertiary alicyclic amines) is 1. The molecule has 3 fully saturated rings. The van der Waals surface area contributed by atoms with Crippen LogP contribution in [0.2, 0.25) is 0 Å². The molecule has 5 heteroatoms. The molecule has 27 heavy (non-hydrogen) atoms. The molecule has 2 bridgehead atoms. The Labute approximate surface area is 160 Å². The molecule has 2 saturated heterocycles. The Hall–Kier alpha value is -0.720. The maximum atomic E-state index is 11.3. The molecule has 0 radical (unpaired) electrons. The highest BCUT2D eigenvalue weighted by molar-refractivity contribution is 5.48. The maximum Gasteiger partial charge on any atom is 0.131 e. The number of aliphatic hydroxyl groups is 1. The molecule has 1 spiro atoms. The van der Waals surface area contributed by atoms with E-state index < -0.39 is 17.3 Å². The average Bonchev–Trinajstić information content (AvgIpc) is 3.41. The average molecular weight is 373 g/mol. The first-order valence-corrected chi connectivity index (χ1v) is 10.7. The van der Waals surface area contributed by atoms with Crippen LogP contribution in [0.1, 0.15) is 51.9 Å². The smallest absolute Gasteiger partial charge is 0.131 e. The van der Waals surface area contributed by atoms with E-state index in [2.05, 4.69) is 18.0 Å². The van der Waals surface area contributed by atoms with Gasteiger partial charge in [-0.25, -0.2) is 4.89 Å². The fourth-order valence-electron chi connectivity index (χ4n) is 7.48. The predicted octanol–water partition coefficient (Wildman–Crippen LogP) is 2.90. The summed E-state index contributed by atoms with van der Waals surface area (Å²) in [6, 6.07) is 0.488. The van der Waals surface area contributed by atoms with Crippen LogP contribution in [0.25, 0.3) is 0 Å². The number of hydrogen-bond acceptors (Lipinski definition) is 5. The van der Waals surface area contributed by atoms with Crippen molar-refractivity contribution in [3.8, 4) is 0 Å². The summed E-state index contributed by atoms with van der Waals surface area (Å²) in [5.74, 6) is 1.04. The summed E-state index contributed by atoms with van der Waals surface area (Å²) < 4.78 is 6.96. The molecule has 2 heterocycles. The molecule has 0 aromatic rings. The lowest BCUT2D eigenvalue weighted by molar-refractivity contribution is -0.346. The second kappa shape index (κ2) is 5.25. The van der Waals surface area contributed by atoms with Crippen LogP contribution in [0.3, 0.4) is 0 Å². The molecule has 7 atom stereocenters. The standard InChI is InChI=1S/C22H31NO4/c1-20(27-25)8-7-14-11-16-15-5-6-17(24)22(12-13-3-4-13)21(15,9-10-23(16)2)18(14)19(20)26-22/h5-6,13,15-17,19,24-25H,3-4,7-12H2,1-2H3/t15-,16+,17-,19?,20?,21-,22-/m0/s1. The van der Waals surface area contributed by atoms with Crippen molar-refractivity contribution in [1.29, 1.82) is 0 Å². The van der Waals surface area contributed by atoms with E-state index in [0.717, 1.165) is 38.6 Å². The van der Waals surface area contributed by atoms with E-state index >= 15 is 0 Å². The molecule has 4 aliphatic carbocycles. The lowest BCUT2D eigenvalue weighted by Crippen LogP contribution is -2.67. The lowest BCUT2D eigenvalue weighted by Gasteiger charge is -2.62. The SMILES string of the molecule is CN1CC[C@]23C4=C5CCC(C)(OO)C4O[C@@]2(CC2CC2)[C@@H](O)C=C[C@H]3[C@H]1C5. The normalized spacial score (nSPS) is 53.6. The van der Waals surface area contributed by atoms with Gasteiger partial charge in [-0.3, -0.25) is 5.26 Å². The quantitative estimate of drug-likeness (QED) is 0.452. The van der Waals surface area contributed by atoms with Crippen LogP contribution < -0.4 is 0 Å². The topological polar surface area (TPSA) is 62.2 Å². The Bertz CT molecular complexity index is 745. The molecule has 148 valence electrons. The number of piperidine rings is 1. The van der Waals surface area contributed by atoms with Gasteiger partial charge < -0.3 is 14.7 Å². The van der Waals surface area contributed by atoms with Gasteiger partial charge in [-0.05, 0) is 64.1 Å². The molecule has 0 amide bonds. The monoisotopic (exact) mass is 373 g/mol. The summed E-state index contributed by atoms with van der Waals surface area (Å²) in [7, 11) is 2.25. The second-order valence-electron chi connectivity index (χ2n) is 10.3. The Balaban J connectivity index is 1.61. The molecule has 0 aromatic carbocycles. The predicted molar refractivity (Wildman–Crippen MR) is 100 cm³/mol. The fraction of sp³-hybridized carbons (Fsp3) is 0.818.